The largest absolute Gasteiger partial charge is 0.466 e. The minimum Gasteiger partial charge on any atom is -0.466 e. The molecule has 0 rings (SSSR count). The van der Waals surface area contributed by atoms with Crippen molar-refractivity contribution in [3.63, 3.8) is 0 Å². The van der Waals surface area contributed by atoms with Gasteiger partial charge in [-0.1, -0.05) is 351 Å². The van der Waals surface area contributed by atoms with Crippen LogP contribution in [0.4, 0.5) is 0 Å². The normalized spacial score (nSPS) is 12.8. The van der Waals surface area contributed by atoms with Crippen molar-refractivity contribution in [2.75, 3.05) is 13.2 Å². The summed E-state index contributed by atoms with van der Waals surface area (Å²) in [6.07, 6.45) is 94.9. The molecule has 0 aliphatic carbocycles. The molecule has 0 spiro atoms. The number of esters is 1. The van der Waals surface area contributed by atoms with E-state index in [-0.39, 0.29) is 18.5 Å². The van der Waals surface area contributed by atoms with Gasteiger partial charge in [-0.25, -0.2) is 0 Å². The van der Waals surface area contributed by atoms with E-state index in [1.807, 2.05) is 6.08 Å². The van der Waals surface area contributed by atoms with E-state index >= 15 is 0 Å². The number of hydrogen-bond acceptors (Lipinski definition) is 5. The molecule has 6 heteroatoms. The smallest absolute Gasteiger partial charge is 0.305 e. The molecule has 6 nitrogen and oxygen atoms in total. The first kappa shape index (κ1) is 80.8. The lowest BCUT2D eigenvalue weighted by Crippen LogP contribution is -2.45. The minimum absolute atomic E-state index is 0.00408. The van der Waals surface area contributed by atoms with Gasteiger partial charge in [-0.2, -0.15) is 0 Å². The molecule has 0 aliphatic heterocycles. The number of carbonyl (C=O) groups is 2. The Bertz CT molecular complexity index is 1390. The number of ether oxygens (including phenoxy) is 1. The molecule has 0 fully saturated rings. The first-order chi connectivity index (χ1) is 41.0. The molecule has 0 heterocycles. The van der Waals surface area contributed by atoms with Gasteiger partial charge in [0, 0.05) is 12.8 Å². The third kappa shape index (κ3) is 68.8. The summed E-state index contributed by atoms with van der Waals surface area (Å²) >= 11 is 0. The number of aliphatic hydroxyl groups excluding tert-OH is 2. The van der Waals surface area contributed by atoms with Crippen molar-refractivity contribution in [3.05, 3.63) is 48.6 Å². The standard InChI is InChI=1S/C77H145NO5/c1-3-5-7-9-11-13-15-17-19-20-21-22-32-35-38-42-45-49-53-57-61-65-69-75(80)74(73-79)78-76(81)70-66-62-58-54-50-46-43-39-36-33-30-28-26-24-23-25-27-29-31-34-37-40-44-48-52-56-60-64-68-72-83-77(82)71-67-63-59-55-51-47-41-18-16-14-12-10-8-6-4-2/h18,23,25,29,31,41,65,69,74-75,79-80H,3-17,19-22,24,26-28,30,32-40,42-64,66-68,70-73H2,1-2H3,(H,78,81)/b25-23-,31-29-,41-18-,69-65+. The predicted octanol–water partition coefficient (Wildman–Crippen LogP) is 24.4. The Morgan fingerprint density at radius 2 is 0.602 bits per heavy atom. The maximum atomic E-state index is 12.5. The van der Waals surface area contributed by atoms with Gasteiger partial charge in [-0.05, 0) is 89.9 Å². The maximum absolute atomic E-state index is 12.5. The van der Waals surface area contributed by atoms with Gasteiger partial charge in [0.25, 0.3) is 0 Å². The van der Waals surface area contributed by atoms with Gasteiger partial charge in [0.05, 0.1) is 25.4 Å². The number of carbonyl (C=O) groups excluding carboxylic acids is 2. The number of allylic oxidation sites excluding steroid dienone is 7. The highest BCUT2D eigenvalue weighted by atomic mass is 16.5. The van der Waals surface area contributed by atoms with E-state index in [9.17, 15) is 19.8 Å². The van der Waals surface area contributed by atoms with E-state index in [0.29, 0.717) is 19.4 Å². The van der Waals surface area contributed by atoms with Crippen LogP contribution in [-0.2, 0) is 14.3 Å². The zero-order valence-corrected chi connectivity index (χ0v) is 55.9. The number of rotatable bonds is 70. The Morgan fingerprint density at radius 1 is 0.337 bits per heavy atom. The van der Waals surface area contributed by atoms with Crippen LogP contribution in [-0.4, -0.2) is 47.4 Å². The molecule has 2 unspecified atom stereocenters. The lowest BCUT2D eigenvalue weighted by molar-refractivity contribution is -0.143. The molecular weight excluding hydrogens is 1020 g/mol. The fraction of sp³-hybridized carbons (Fsp3) is 0.870. The van der Waals surface area contributed by atoms with Crippen LogP contribution in [0.25, 0.3) is 0 Å². The van der Waals surface area contributed by atoms with Crippen LogP contribution >= 0.6 is 0 Å². The van der Waals surface area contributed by atoms with Gasteiger partial charge in [-0.15, -0.1) is 0 Å². The molecule has 488 valence electrons. The molecule has 83 heavy (non-hydrogen) atoms. The molecule has 0 aromatic rings. The maximum Gasteiger partial charge on any atom is 0.305 e. The Balaban J connectivity index is 3.43. The van der Waals surface area contributed by atoms with Crippen LogP contribution in [0, 0.1) is 0 Å². The van der Waals surface area contributed by atoms with Crippen molar-refractivity contribution < 1.29 is 24.5 Å². The third-order valence-electron chi connectivity index (χ3n) is 17.3. The average molecular weight is 1170 g/mol. The van der Waals surface area contributed by atoms with E-state index < -0.39 is 12.1 Å². The Labute approximate surface area is 518 Å². The number of nitrogens with one attached hydrogen (secondary N) is 1. The van der Waals surface area contributed by atoms with E-state index in [0.717, 1.165) is 51.4 Å². The highest BCUT2D eigenvalue weighted by molar-refractivity contribution is 5.76. The molecule has 0 aromatic heterocycles. The summed E-state index contributed by atoms with van der Waals surface area (Å²) < 4.78 is 5.49. The Hall–Kier alpha value is -2.18. The summed E-state index contributed by atoms with van der Waals surface area (Å²) in [4.78, 5) is 24.6. The monoisotopic (exact) mass is 1160 g/mol. The second-order valence-electron chi connectivity index (χ2n) is 25.6. The summed E-state index contributed by atoms with van der Waals surface area (Å²) in [6.45, 7) is 4.93. The zero-order valence-electron chi connectivity index (χ0n) is 55.9. The lowest BCUT2D eigenvalue weighted by Gasteiger charge is -2.20. The predicted molar refractivity (Wildman–Crippen MR) is 366 cm³/mol. The van der Waals surface area contributed by atoms with Crippen molar-refractivity contribution in [1.82, 2.24) is 5.32 Å². The quantitative estimate of drug-likeness (QED) is 0.0320. The van der Waals surface area contributed by atoms with Gasteiger partial charge < -0.3 is 20.3 Å². The summed E-state index contributed by atoms with van der Waals surface area (Å²) in [6, 6.07) is -0.631. The van der Waals surface area contributed by atoms with Gasteiger partial charge in [-0.3, -0.25) is 9.59 Å². The zero-order chi connectivity index (χ0) is 59.9. The topological polar surface area (TPSA) is 95.9 Å². The molecule has 0 saturated heterocycles. The van der Waals surface area contributed by atoms with Crippen LogP contribution in [0.5, 0.6) is 0 Å². The first-order valence-corrected chi connectivity index (χ1v) is 37.4. The molecular formula is C77H145NO5. The van der Waals surface area contributed by atoms with Crippen molar-refractivity contribution >= 4 is 11.9 Å². The SMILES string of the molecule is CCCCCCCC/C=C\CCCCCCCC(=O)OCCCCCCCCCCC/C=C\C/C=C\CCCCCCCCCCCCCCCC(=O)NC(CO)C(O)/C=C/CCCCCCCCCCCCCCCCCCCCCC. The molecule has 0 saturated carbocycles. The van der Waals surface area contributed by atoms with Crippen molar-refractivity contribution in [3.8, 4) is 0 Å². The fourth-order valence-corrected chi connectivity index (χ4v) is 11.6. The van der Waals surface area contributed by atoms with Crippen molar-refractivity contribution in [1.29, 1.82) is 0 Å². The molecule has 0 aliphatic rings. The van der Waals surface area contributed by atoms with Crippen LogP contribution in [0.15, 0.2) is 48.6 Å². The van der Waals surface area contributed by atoms with Gasteiger partial charge in [0.15, 0.2) is 0 Å². The lowest BCUT2D eigenvalue weighted by atomic mass is 10.0. The van der Waals surface area contributed by atoms with Gasteiger partial charge in [0.2, 0.25) is 5.91 Å². The molecule has 2 atom stereocenters. The highest BCUT2D eigenvalue weighted by Gasteiger charge is 2.18. The molecule has 0 radical (unpaired) electrons. The van der Waals surface area contributed by atoms with Crippen LogP contribution in [0.1, 0.15) is 406 Å². The Kier molecular flexibility index (Phi) is 70.4. The molecule has 3 N–H and O–H groups in total. The summed E-state index contributed by atoms with van der Waals surface area (Å²) in [5.41, 5.74) is 0. The van der Waals surface area contributed by atoms with Crippen molar-refractivity contribution in [2.45, 2.75) is 418 Å². The minimum atomic E-state index is -0.847. The average Bonchev–Trinajstić information content (AvgIpc) is 3.49. The van der Waals surface area contributed by atoms with Gasteiger partial charge >= 0.3 is 5.97 Å². The van der Waals surface area contributed by atoms with E-state index in [4.69, 9.17) is 4.74 Å². The Morgan fingerprint density at radius 3 is 0.928 bits per heavy atom. The number of aliphatic hydroxyl groups is 2. The second kappa shape index (κ2) is 72.3. The number of hydrogen-bond donors (Lipinski definition) is 3. The van der Waals surface area contributed by atoms with Crippen LogP contribution in [0.2, 0.25) is 0 Å². The fourth-order valence-electron chi connectivity index (χ4n) is 11.6. The molecule has 0 aromatic carbocycles. The first-order valence-electron chi connectivity index (χ1n) is 37.4. The number of unbranched alkanes of at least 4 members (excludes halogenated alkanes) is 53. The molecule has 1 amide bonds. The third-order valence-corrected chi connectivity index (χ3v) is 17.3. The molecule has 0 bridgehead atoms. The number of amides is 1. The second-order valence-corrected chi connectivity index (χ2v) is 25.6. The van der Waals surface area contributed by atoms with Crippen LogP contribution < -0.4 is 5.32 Å². The summed E-state index contributed by atoms with van der Waals surface area (Å²) in [5.74, 6) is -0.0613. The summed E-state index contributed by atoms with van der Waals surface area (Å²) in [7, 11) is 0. The van der Waals surface area contributed by atoms with Crippen molar-refractivity contribution in [2.24, 2.45) is 0 Å². The highest BCUT2D eigenvalue weighted by Crippen LogP contribution is 2.18. The summed E-state index contributed by atoms with van der Waals surface area (Å²) in [5, 5.41) is 23.3. The van der Waals surface area contributed by atoms with Gasteiger partial charge in [0.1, 0.15) is 0 Å². The van der Waals surface area contributed by atoms with E-state index in [1.165, 1.54) is 327 Å². The van der Waals surface area contributed by atoms with E-state index in [2.05, 4.69) is 55.6 Å². The van der Waals surface area contributed by atoms with Crippen LogP contribution in [0.3, 0.4) is 0 Å². The van der Waals surface area contributed by atoms with E-state index in [1.54, 1.807) is 6.08 Å².